The summed E-state index contributed by atoms with van der Waals surface area (Å²) in [5.41, 5.74) is 0. The van der Waals surface area contributed by atoms with Gasteiger partial charge in [-0.15, -0.1) is 0 Å². The second-order valence-corrected chi connectivity index (χ2v) is 5.71. The number of hydrogen-bond donors (Lipinski definition) is 0. The van der Waals surface area contributed by atoms with Gasteiger partial charge < -0.3 is 9.80 Å². The number of amides is 2. The van der Waals surface area contributed by atoms with Crippen LogP contribution in [0.4, 0.5) is 0 Å². The van der Waals surface area contributed by atoms with Crippen molar-refractivity contribution in [1.82, 2.24) is 9.80 Å². The van der Waals surface area contributed by atoms with E-state index in [1.807, 2.05) is 0 Å². The fourth-order valence-electron chi connectivity index (χ4n) is 2.60. The highest BCUT2D eigenvalue weighted by molar-refractivity contribution is 6.35. The quantitative estimate of drug-likeness (QED) is 0.456. The number of hydrogen-bond acceptors (Lipinski definition) is 2. The molecule has 0 radical (unpaired) electrons. The number of carbonyl (C=O) groups excluding carboxylic acids is 2. The van der Waals surface area contributed by atoms with Crippen LogP contribution in [0.5, 0.6) is 0 Å². The first kappa shape index (κ1) is 17.0. The number of carbonyl (C=O) groups is 2. The first-order valence-electron chi connectivity index (χ1n) is 8.28. The fourth-order valence-corrected chi connectivity index (χ4v) is 2.60. The van der Waals surface area contributed by atoms with Crippen LogP contribution in [0.1, 0.15) is 65.2 Å². The molecule has 116 valence electrons. The molecule has 0 aromatic rings. The normalized spacial score (nSPS) is 16.1. The third-order valence-corrected chi connectivity index (χ3v) is 3.96. The summed E-state index contributed by atoms with van der Waals surface area (Å²) < 4.78 is 0. The van der Waals surface area contributed by atoms with Crippen LogP contribution in [-0.2, 0) is 9.59 Å². The van der Waals surface area contributed by atoms with E-state index in [1.54, 1.807) is 9.80 Å². The molecule has 4 heteroatoms. The van der Waals surface area contributed by atoms with Crippen molar-refractivity contribution < 1.29 is 9.59 Å². The number of nitrogens with zero attached hydrogens (tertiary/aromatic N) is 2. The van der Waals surface area contributed by atoms with Crippen LogP contribution < -0.4 is 0 Å². The van der Waals surface area contributed by atoms with Crippen molar-refractivity contribution in [2.75, 3.05) is 26.2 Å². The lowest BCUT2D eigenvalue weighted by Crippen LogP contribution is -2.54. The van der Waals surface area contributed by atoms with Gasteiger partial charge in [-0.05, 0) is 12.8 Å². The Bertz CT molecular complexity index is 275. The zero-order chi connectivity index (χ0) is 14.8. The van der Waals surface area contributed by atoms with Gasteiger partial charge in [-0.25, -0.2) is 0 Å². The van der Waals surface area contributed by atoms with Gasteiger partial charge in [0.2, 0.25) is 0 Å². The van der Waals surface area contributed by atoms with Crippen LogP contribution >= 0.6 is 0 Å². The molecule has 2 amide bonds. The van der Waals surface area contributed by atoms with Crippen molar-refractivity contribution in [1.29, 1.82) is 0 Å². The minimum atomic E-state index is -0.289. The third-order valence-electron chi connectivity index (χ3n) is 3.96. The van der Waals surface area contributed by atoms with Gasteiger partial charge in [-0.1, -0.05) is 52.4 Å². The SMILES string of the molecule is CCCCCCN1CCN(CCCCCC)C(=O)C1=O. The standard InChI is InChI=1S/C16H30N2O2/c1-3-5-7-9-11-17-13-14-18(16(20)15(17)19)12-10-8-6-4-2/h3-14H2,1-2H3. The summed E-state index contributed by atoms with van der Waals surface area (Å²) in [4.78, 5) is 27.5. The van der Waals surface area contributed by atoms with Gasteiger partial charge in [0.25, 0.3) is 0 Å². The van der Waals surface area contributed by atoms with Gasteiger partial charge in [0.15, 0.2) is 0 Å². The molecule has 4 nitrogen and oxygen atoms in total. The number of piperazine rings is 1. The summed E-state index contributed by atoms with van der Waals surface area (Å²) in [5, 5.41) is 0. The zero-order valence-corrected chi connectivity index (χ0v) is 13.2. The van der Waals surface area contributed by atoms with Crippen molar-refractivity contribution in [3.8, 4) is 0 Å². The van der Waals surface area contributed by atoms with Crippen LogP contribution in [-0.4, -0.2) is 47.8 Å². The van der Waals surface area contributed by atoms with E-state index >= 15 is 0 Å². The zero-order valence-electron chi connectivity index (χ0n) is 13.2. The molecule has 0 atom stereocenters. The van der Waals surface area contributed by atoms with Crippen molar-refractivity contribution in [2.24, 2.45) is 0 Å². The summed E-state index contributed by atoms with van der Waals surface area (Å²) in [6, 6.07) is 0. The summed E-state index contributed by atoms with van der Waals surface area (Å²) in [6.45, 7) is 7.26. The monoisotopic (exact) mass is 282 g/mol. The molecule has 0 aliphatic carbocycles. The molecule has 0 N–H and O–H groups in total. The van der Waals surface area contributed by atoms with E-state index < -0.39 is 0 Å². The van der Waals surface area contributed by atoms with Crippen molar-refractivity contribution in [3.05, 3.63) is 0 Å². The smallest absolute Gasteiger partial charge is 0.312 e. The van der Waals surface area contributed by atoms with E-state index in [0.29, 0.717) is 13.1 Å². The summed E-state index contributed by atoms with van der Waals surface area (Å²) >= 11 is 0. The molecule has 0 unspecified atom stereocenters. The largest absolute Gasteiger partial charge is 0.333 e. The van der Waals surface area contributed by atoms with Crippen molar-refractivity contribution in [2.45, 2.75) is 65.2 Å². The molecular weight excluding hydrogens is 252 g/mol. The molecule has 1 saturated heterocycles. The van der Waals surface area contributed by atoms with Crippen LogP contribution in [0, 0.1) is 0 Å². The Morgan fingerprint density at radius 3 is 1.45 bits per heavy atom. The molecule has 1 aliphatic rings. The number of unbranched alkanes of at least 4 members (excludes halogenated alkanes) is 6. The molecule has 0 aromatic carbocycles. The minimum absolute atomic E-state index is 0.289. The predicted octanol–water partition coefficient (Wildman–Crippen LogP) is 2.82. The summed E-state index contributed by atoms with van der Waals surface area (Å²) in [5.74, 6) is -0.577. The Morgan fingerprint density at radius 1 is 0.700 bits per heavy atom. The lowest BCUT2D eigenvalue weighted by atomic mass is 10.1. The maximum absolute atomic E-state index is 12.0. The lowest BCUT2D eigenvalue weighted by Gasteiger charge is -2.33. The van der Waals surface area contributed by atoms with E-state index in [4.69, 9.17) is 0 Å². The predicted molar refractivity (Wildman–Crippen MR) is 81.4 cm³/mol. The van der Waals surface area contributed by atoms with E-state index in [-0.39, 0.29) is 11.8 Å². The van der Waals surface area contributed by atoms with Gasteiger partial charge in [0, 0.05) is 26.2 Å². The molecular formula is C16H30N2O2. The summed E-state index contributed by atoms with van der Waals surface area (Å²) in [7, 11) is 0. The Morgan fingerprint density at radius 2 is 1.10 bits per heavy atom. The van der Waals surface area contributed by atoms with E-state index in [1.165, 1.54) is 25.7 Å². The topological polar surface area (TPSA) is 40.6 Å². The average molecular weight is 282 g/mol. The maximum atomic E-state index is 12.0. The van der Waals surface area contributed by atoms with E-state index in [2.05, 4.69) is 13.8 Å². The van der Waals surface area contributed by atoms with Gasteiger partial charge in [-0.2, -0.15) is 0 Å². The third kappa shape index (κ3) is 5.51. The highest BCUT2D eigenvalue weighted by Crippen LogP contribution is 2.10. The van der Waals surface area contributed by atoms with Gasteiger partial charge in [0.1, 0.15) is 0 Å². The molecule has 0 bridgehead atoms. The Labute approximate surface area is 123 Å². The molecule has 1 heterocycles. The van der Waals surface area contributed by atoms with Crippen LogP contribution in [0.25, 0.3) is 0 Å². The highest BCUT2D eigenvalue weighted by atomic mass is 16.2. The van der Waals surface area contributed by atoms with E-state index in [9.17, 15) is 9.59 Å². The molecule has 0 saturated carbocycles. The summed E-state index contributed by atoms with van der Waals surface area (Å²) in [6.07, 6.45) is 9.13. The van der Waals surface area contributed by atoms with Crippen LogP contribution in [0.3, 0.4) is 0 Å². The Balaban J connectivity index is 2.27. The maximum Gasteiger partial charge on any atom is 0.312 e. The molecule has 0 aromatic heterocycles. The van der Waals surface area contributed by atoms with Crippen molar-refractivity contribution >= 4 is 11.8 Å². The highest BCUT2D eigenvalue weighted by Gasteiger charge is 2.31. The average Bonchev–Trinajstić information content (AvgIpc) is 2.46. The lowest BCUT2D eigenvalue weighted by molar-refractivity contribution is -0.156. The Kier molecular flexibility index (Phi) is 8.31. The van der Waals surface area contributed by atoms with Gasteiger partial charge >= 0.3 is 11.8 Å². The fraction of sp³-hybridized carbons (Fsp3) is 0.875. The van der Waals surface area contributed by atoms with Crippen LogP contribution in [0.15, 0.2) is 0 Å². The molecule has 0 spiro atoms. The van der Waals surface area contributed by atoms with E-state index in [0.717, 1.165) is 38.8 Å². The second kappa shape index (κ2) is 9.78. The molecule has 1 fully saturated rings. The molecule has 1 rings (SSSR count). The first-order chi connectivity index (χ1) is 9.70. The van der Waals surface area contributed by atoms with Crippen molar-refractivity contribution in [3.63, 3.8) is 0 Å². The minimum Gasteiger partial charge on any atom is -0.333 e. The number of rotatable bonds is 10. The second-order valence-electron chi connectivity index (χ2n) is 5.71. The molecule has 1 aliphatic heterocycles. The van der Waals surface area contributed by atoms with Crippen LogP contribution in [0.2, 0.25) is 0 Å². The molecule has 20 heavy (non-hydrogen) atoms. The first-order valence-corrected chi connectivity index (χ1v) is 8.28. The Hall–Kier alpha value is -1.06. The van der Waals surface area contributed by atoms with Gasteiger partial charge in [-0.3, -0.25) is 9.59 Å². The van der Waals surface area contributed by atoms with Gasteiger partial charge in [0.05, 0.1) is 0 Å².